The topological polar surface area (TPSA) is 12.0 Å². The fourth-order valence-corrected chi connectivity index (χ4v) is 3.01. The van der Waals surface area contributed by atoms with Gasteiger partial charge < -0.3 is 5.32 Å². The molecule has 2 aromatic carbocycles. The zero-order valence-corrected chi connectivity index (χ0v) is 12.0. The van der Waals surface area contributed by atoms with Crippen LogP contribution in [0, 0.1) is 20.8 Å². The first-order valence-corrected chi connectivity index (χ1v) is 7.07. The second-order valence-corrected chi connectivity index (χ2v) is 5.55. The molecule has 0 spiro atoms. The van der Waals surface area contributed by atoms with E-state index >= 15 is 0 Å². The van der Waals surface area contributed by atoms with Gasteiger partial charge in [-0.3, -0.25) is 0 Å². The Hall–Kier alpha value is -1.60. The smallest absolute Gasteiger partial charge is 0.0214 e. The van der Waals surface area contributed by atoms with Gasteiger partial charge in [-0.25, -0.2) is 0 Å². The van der Waals surface area contributed by atoms with Crippen molar-refractivity contribution in [2.24, 2.45) is 0 Å². The molecule has 0 saturated heterocycles. The predicted molar refractivity (Wildman–Crippen MR) is 81.5 cm³/mol. The van der Waals surface area contributed by atoms with Gasteiger partial charge in [-0.05, 0) is 72.7 Å². The fraction of sp³-hybridized carbons (Fsp3) is 0.333. The van der Waals surface area contributed by atoms with E-state index in [4.69, 9.17) is 0 Å². The van der Waals surface area contributed by atoms with Crippen LogP contribution >= 0.6 is 0 Å². The van der Waals surface area contributed by atoms with Crippen molar-refractivity contribution in [3.8, 4) is 11.1 Å². The summed E-state index contributed by atoms with van der Waals surface area (Å²) in [7, 11) is 0. The van der Waals surface area contributed by atoms with Gasteiger partial charge in [-0.2, -0.15) is 0 Å². The summed E-state index contributed by atoms with van der Waals surface area (Å²) < 4.78 is 0. The molecule has 1 N–H and O–H groups in total. The molecule has 19 heavy (non-hydrogen) atoms. The molecule has 98 valence electrons. The van der Waals surface area contributed by atoms with Gasteiger partial charge in [0.15, 0.2) is 0 Å². The Kier molecular flexibility index (Phi) is 3.16. The number of rotatable bonds is 1. The third-order valence-electron chi connectivity index (χ3n) is 4.49. The van der Waals surface area contributed by atoms with Crippen molar-refractivity contribution in [2.45, 2.75) is 33.7 Å². The maximum atomic E-state index is 3.50. The molecule has 0 saturated carbocycles. The van der Waals surface area contributed by atoms with Gasteiger partial charge in [0.1, 0.15) is 0 Å². The quantitative estimate of drug-likeness (QED) is 0.810. The minimum absolute atomic E-state index is 0.998. The van der Waals surface area contributed by atoms with Crippen LogP contribution in [-0.2, 0) is 13.0 Å². The highest BCUT2D eigenvalue weighted by molar-refractivity contribution is 5.73. The second kappa shape index (κ2) is 4.82. The van der Waals surface area contributed by atoms with E-state index in [1.807, 2.05) is 0 Å². The van der Waals surface area contributed by atoms with E-state index in [0.29, 0.717) is 0 Å². The van der Waals surface area contributed by atoms with Crippen molar-refractivity contribution in [3.05, 3.63) is 58.1 Å². The predicted octanol–water partition coefficient (Wildman–Crippen LogP) is 3.92. The summed E-state index contributed by atoms with van der Waals surface area (Å²) >= 11 is 0. The maximum Gasteiger partial charge on any atom is 0.0214 e. The van der Waals surface area contributed by atoms with Crippen LogP contribution in [0.1, 0.15) is 27.8 Å². The standard InChI is InChI=1S/C18H21N/c1-12-7-8-16(14(3)13(12)2)17-6-4-5-15-9-10-19-11-18(15)17/h4-8,19H,9-11H2,1-3H3. The Morgan fingerprint density at radius 3 is 2.58 bits per heavy atom. The lowest BCUT2D eigenvalue weighted by Crippen LogP contribution is -2.24. The molecule has 0 unspecified atom stereocenters. The Balaban J connectivity index is 2.20. The summed E-state index contributed by atoms with van der Waals surface area (Å²) in [5.41, 5.74) is 10.0. The highest BCUT2D eigenvalue weighted by Gasteiger charge is 2.15. The summed E-state index contributed by atoms with van der Waals surface area (Å²) in [5, 5.41) is 3.50. The number of hydrogen-bond donors (Lipinski definition) is 1. The molecule has 0 aliphatic carbocycles. The molecule has 1 aliphatic heterocycles. The van der Waals surface area contributed by atoms with E-state index in [2.05, 4.69) is 56.4 Å². The Morgan fingerprint density at radius 1 is 0.895 bits per heavy atom. The van der Waals surface area contributed by atoms with E-state index in [1.165, 1.54) is 38.9 Å². The van der Waals surface area contributed by atoms with Gasteiger partial charge >= 0.3 is 0 Å². The SMILES string of the molecule is Cc1ccc(-c2cccc3c2CNCC3)c(C)c1C. The minimum Gasteiger partial charge on any atom is -0.312 e. The molecule has 1 heterocycles. The average molecular weight is 251 g/mol. The molecule has 1 heteroatoms. The Labute approximate surface area is 115 Å². The molecule has 0 fully saturated rings. The third kappa shape index (κ3) is 2.08. The van der Waals surface area contributed by atoms with Crippen LogP contribution in [0.3, 0.4) is 0 Å². The average Bonchev–Trinajstić information content (AvgIpc) is 2.45. The number of hydrogen-bond acceptors (Lipinski definition) is 1. The maximum absolute atomic E-state index is 3.50. The molecule has 1 nitrogen and oxygen atoms in total. The molecule has 2 aromatic rings. The summed E-state index contributed by atoms with van der Waals surface area (Å²) in [4.78, 5) is 0. The molecule has 0 radical (unpaired) electrons. The summed E-state index contributed by atoms with van der Waals surface area (Å²) in [6.45, 7) is 8.75. The van der Waals surface area contributed by atoms with Gasteiger partial charge in [0.05, 0.1) is 0 Å². The molecule has 0 atom stereocenters. The lowest BCUT2D eigenvalue weighted by atomic mass is 9.88. The first kappa shape index (κ1) is 12.4. The Bertz CT molecular complexity index is 626. The van der Waals surface area contributed by atoms with Gasteiger partial charge in [0.25, 0.3) is 0 Å². The van der Waals surface area contributed by atoms with Gasteiger partial charge in [-0.15, -0.1) is 0 Å². The lowest BCUT2D eigenvalue weighted by molar-refractivity contribution is 0.645. The zero-order chi connectivity index (χ0) is 13.4. The van der Waals surface area contributed by atoms with E-state index < -0.39 is 0 Å². The van der Waals surface area contributed by atoms with Crippen LogP contribution in [0.15, 0.2) is 30.3 Å². The number of fused-ring (bicyclic) bond motifs is 1. The van der Waals surface area contributed by atoms with Crippen molar-refractivity contribution in [3.63, 3.8) is 0 Å². The highest BCUT2D eigenvalue weighted by Crippen LogP contribution is 2.32. The summed E-state index contributed by atoms with van der Waals surface area (Å²) in [6.07, 6.45) is 1.15. The molecule has 0 amide bonds. The van der Waals surface area contributed by atoms with Gasteiger partial charge in [0.2, 0.25) is 0 Å². The highest BCUT2D eigenvalue weighted by atomic mass is 14.9. The summed E-state index contributed by atoms with van der Waals surface area (Å²) in [5.74, 6) is 0. The van der Waals surface area contributed by atoms with Crippen LogP contribution < -0.4 is 5.32 Å². The molecular weight excluding hydrogens is 230 g/mol. The molecular formula is C18H21N. The van der Waals surface area contributed by atoms with Crippen molar-refractivity contribution >= 4 is 0 Å². The van der Waals surface area contributed by atoms with Crippen molar-refractivity contribution in [1.82, 2.24) is 5.32 Å². The first-order chi connectivity index (χ1) is 9.18. The Morgan fingerprint density at radius 2 is 1.74 bits per heavy atom. The number of aryl methyl sites for hydroxylation is 1. The first-order valence-electron chi connectivity index (χ1n) is 7.07. The van der Waals surface area contributed by atoms with Crippen LogP contribution in [0.4, 0.5) is 0 Å². The van der Waals surface area contributed by atoms with Crippen molar-refractivity contribution in [2.75, 3.05) is 6.54 Å². The normalized spacial score (nSPS) is 14.3. The van der Waals surface area contributed by atoms with Crippen molar-refractivity contribution in [1.29, 1.82) is 0 Å². The van der Waals surface area contributed by atoms with E-state index in [-0.39, 0.29) is 0 Å². The van der Waals surface area contributed by atoms with Crippen molar-refractivity contribution < 1.29 is 0 Å². The summed E-state index contributed by atoms with van der Waals surface area (Å²) in [6, 6.07) is 11.3. The number of benzene rings is 2. The van der Waals surface area contributed by atoms with Crippen LogP contribution in [0.25, 0.3) is 11.1 Å². The minimum atomic E-state index is 0.998. The van der Waals surface area contributed by atoms with Crippen LogP contribution in [0.5, 0.6) is 0 Å². The van der Waals surface area contributed by atoms with Gasteiger partial charge in [0, 0.05) is 6.54 Å². The fourth-order valence-electron chi connectivity index (χ4n) is 3.01. The zero-order valence-electron chi connectivity index (χ0n) is 12.0. The molecule has 0 aromatic heterocycles. The van der Waals surface area contributed by atoms with Gasteiger partial charge in [-0.1, -0.05) is 30.3 Å². The molecule has 0 bridgehead atoms. The largest absolute Gasteiger partial charge is 0.312 e. The lowest BCUT2D eigenvalue weighted by Gasteiger charge is -2.22. The molecule has 1 aliphatic rings. The number of nitrogens with one attached hydrogen (secondary N) is 1. The van der Waals surface area contributed by atoms with E-state index in [0.717, 1.165) is 19.5 Å². The monoisotopic (exact) mass is 251 g/mol. The van der Waals surface area contributed by atoms with E-state index in [9.17, 15) is 0 Å². The van der Waals surface area contributed by atoms with Crippen LogP contribution in [-0.4, -0.2) is 6.54 Å². The van der Waals surface area contributed by atoms with E-state index in [1.54, 1.807) is 0 Å². The van der Waals surface area contributed by atoms with Crippen LogP contribution in [0.2, 0.25) is 0 Å². The molecule has 3 rings (SSSR count). The third-order valence-corrected chi connectivity index (χ3v) is 4.49. The second-order valence-electron chi connectivity index (χ2n) is 5.55.